The zero-order chi connectivity index (χ0) is 7.49. The molecule has 0 aliphatic carbocycles. The van der Waals surface area contributed by atoms with Gasteiger partial charge < -0.3 is 0 Å². The van der Waals surface area contributed by atoms with E-state index in [0.29, 0.717) is 0 Å². The molecular formula is C2H2N2O4S. The van der Waals surface area contributed by atoms with Gasteiger partial charge in [0.1, 0.15) is 0 Å². The number of hydrogen-bond donors (Lipinski definition) is 2. The Morgan fingerprint density at radius 2 is 2.11 bits per heavy atom. The standard InChI is InChI=1S/C2H2N2O4S/c3-1-2(5)4-9(6,7)8/h(H,4,5)(H,6,7,8). The monoisotopic (exact) mass is 150 g/mol. The van der Waals surface area contributed by atoms with Crippen molar-refractivity contribution < 1.29 is 17.8 Å². The fraction of sp³-hybridized carbons (Fsp3) is 0. The Morgan fingerprint density at radius 1 is 1.67 bits per heavy atom. The highest BCUT2D eigenvalue weighted by Crippen LogP contribution is 1.70. The van der Waals surface area contributed by atoms with Crippen LogP contribution in [-0.2, 0) is 15.1 Å². The van der Waals surface area contributed by atoms with E-state index in [-0.39, 0.29) is 0 Å². The topological polar surface area (TPSA) is 107 Å². The van der Waals surface area contributed by atoms with Crippen molar-refractivity contribution in [1.82, 2.24) is 4.72 Å². The average molecular weight is 150 g/mol. The Morgan fingerprint density at radius 3 is 2.22 bits per heavy atom. The summed E-state index contributed by atoms with van der Waals surface area (Å²) in [6, 6.07) is 0.932. The van der Waals surface area contributed by atoms with Crippen molar-refractivity contribution in [2.24, 2.45) is 0 Å². The molecule has 0 radical (unpaired) electrons. The molecule has 7 heteroatoms. The Balaban J connectivity index is 4.12. The first kappa shape index (κ1) is 7.87. The predicted molar refractivity (Wildman–Crippen MR) is 25.3 cm³/mol. The molecule has 1 amide bonds. The molecule has 0 fully saturated rings. The summed E-state index contributed by atoms with van der Waals surface area (Å²) in [5.74, 6) is -1.42. The maximum absolute atomic E-state index is 9.82. The van der Waals surface area contributed by atoms with Gasteiger partial charge in [0.25, 0.3) is 0 Å². The highest BCUT2D eigenvalue weighted by molar-refractivity contribution is 7.84. The molecule has 0 unspecified atom stereocenters. The molecule has 50 valence electrons. The summed E-state index contributed by atoms with van der Waals surface area (Å²) in [5, 5.41) is 7.66. The van der Waals surface area contributed by atoms with Crippen LogP contribution in [0.3, 0.4) is 0 Å². The van der Waals surface area contributed by atoms with Crippen molar-refractivity contribution in [3.63, 3.8) is 0 Å². The lowest BCUT2D eigenvalue weighted by molar-refractivity contribution is -0.114. The van der Waals surface area contributed by atoms with Crippen LogP contribution in [0.5, 0.6) is 0 Å². The molecule has 0 aromatic rings. The van der Waals surface area contributed by atoms with E-state index in [9.17, 15) is 13.2 Å². The van der Waals surface area contributed by atoms with Crippen LogP contribution in [0.25, 0.3) is 0 Å². The summed E-state index contributed by atoms with van der Waals surface area (Å²) in [6.45, 7) is 0. The number of rotatable bonds is 1. The van der Waals surface area contributed by atoms with Gasteiger partial charge in [-0.2, -0.15) is 13.7 Å². The number of hydrogen-bond acceptors (Lipinski definition) is 4. The van der Waals surface area contributed by atoms with E-state index in [1.807, 2.05) is 0 Å². The molecule has 6 nitrogen and oxygen atoms in total. The molecule has 0 aromatic carbocycles. The Kier molecular flexibility index (Phi) is 2.12. The summed E-state index contributed by atoms with van der Waals surface area (Å²) in [6.07, 6.45) is 0. The van der Waals surface area contributed by atoms with Gasteiger partial charge in [0.05, 0.1) is 0 Å². The zero-order valence-electron chi connectivity index (χ0n) is 4.03. The number of carbonyl (C=O) groups is 1. The molecule has 0 aliphatic rings. The van der Waals surface area contributed by atoms with Crippen LogP contribution < -0.4 is 4.72 Å². The van der Waals surface area contributed by atoms with E-state index in [2.05, 4.69) is 0 Å². The quantitative estimate of drug-likeness (QED) is 0.346. The molecule has 0 atom stereocenters. The van der Waals surface area contributed by atoms with E-state index >= 15 is 0 Å². The van der Waals surface area contributed by atoms with Crippen molar-refractivity contribution in [2.75, 3.05) is 0 Å². The molecule has 2 N–H and O–H groups in total. The van der Waals surface area contributed by atoms with Gasteiger partial charge in [-0.1, -0.05) is 0 Å². The molecule has 0 aromatic heterocycles. The summed E-state index contributed by atoms with van der Waals surface area (Å²) in [4.78, 5) is 9.82. The second-order valence-electron chi connectivity index (χ2n) is 1.02. The third-order valence-corrected chi connectivity index (χ3v) is 0.767. The number of carbonyl (C=O) groups excluding carboxylic acids is 1. The van der Waals surface area contributed by atoms with Gasteiger partial charge in [-0.25, -0.2) is 4.72 Å². The number of amides is 1. The second kappa shape index (κ2) is 2.43. The van der Waals surface area contributed by atoms with E-state index in [0.717, 1.165) is 10.8 Å². The maximum Gasteiger partial charge on any atom is 0.360 e. The maximum atomic E-state index is 9.82. The van der Waals surface area contributed by atoms with Crippen LogP contribution >= 0.6 is 0 Å². The van der Waals surface area contributed by atoms with Crippen molar-refractivity contribution >= 4 is 16.2 Å². The second-order valence-corrected chi connectivity index (χ2v) is 2.17. The predicted octanol–water partition coefficient (Wildman–Crippen LogP) is -1.57. The third-order valence-electron chi connectivity index (χ3n) is 0.323. The van der Waals surface area contributed by atoms with Gasteiger partial charge in [0, 0.05) is 0 Å². The van der Waals surface area contributed by atoms with E-state index < -0.39 is 16.2 Å². The van der Waals surface area contributed by atoms with Crippen molar-refractivity contribution in [1.29, 1.82) is 5.26 Å². The molecule has 0 saturated heterocycles. The highest BCUT2D eigenvalue weighted by atomic mass is 32.2. The molecule has 0 rings (SSSR count). The van der Waals surface area contributed by atoms with Crippen LogP contribution in [0.15, 0.2) is 0 Å². The van der Waals surface area contributed by atoms with Crippen LogP contribution in [-0.4, -0.2) is 18.9 Å². The van der Waals surface area contributed by atoms with Gasteiger partial charge >= 0.3 is 16.2 Å². The minimum Gasteiger partial charge on any atom is -0.269 e. The summed E-state index contributed by atoms with van der Waals surface area (Å²) in [7, 11) is -4.56. The number of nitriles is 1. The van der Waals surface area contributed by atoms with Crippen molar-refractivity contribution in [3.8, 4) is 6.07 Å². The lowest BCUT2D eigenvalue weighted by Gasteiger charge is -1.89. The first-order valence-electron chi connectivity index (χ1n) is 1.65. The van der Waals surface area contributed by atoms with E-state index in [1.165, 1.54) is 0 Å². The van der Waals surface area contributed by atoms with Crippen molar-refractivity contribution in [2.45, 2.75) is 0 Å². The third kappa shape index (κ3) is 4.73. The number of nitrogens with zero attached hydrogens (tertiary/aromatic N) is 1. The summed E-state index contributed by atoms with van der Waals surface area (Å²) in [5.41, 5.74) is 0. The largest absolute Gasteiger partial charge is 0.360 e. The van der Waals surface area contributed by atoms with E-state index in [4.69, 9.17) is 9.81 Å². The molecule has 0 bridgehead atoms. The lowest BCUT2D eigenvalue weighted by Crippen LogP contribution is -2.28. The molecule has 0 heterocycles. The van der Waals surface area contributed by atoms with E-state index in [1.54, 1.807) is 0 Å². The Labute approximate surface area is 51.0 Å². The van der Waals surface area contributed by atoms with Crippen molar-refractivity contribution in [3.05, 3.63) is 0 Å². The van der Waals surface area contributed by atoms with Gasteiger partial charge in [-0.05, 0) is 0 Å². The molecule has 0 spiro atoms. The lowest BCUT2D eigenvalue weighted by atomic mass is 10.7. The van der Waals surface area contributed by atoms with Gasteiger partial charge in [-0.15, -0.1) is 0 Å². The Bertz CT molecular complexity index is 246. The SMILES string of the molecule is N#CC(=O)NS(=O)(=O)O. The van der Waals surface area contributed by atoms with Crippen LogP contribution in [0.1, 0.15) is 0 Å². The summed E-state index contributed by atoms with van der Waals surface area (Å²) < 4.78 is 28.2. The molecule has 9 heavy (non-hydrogen) atoms. The first-order chi connectivity index (χ1) is 3.95. The van der Waals surface area contributed by atoms with Gasteiger partial charge in [0.15, 0.2) is 6.07 Å². The van der Waals surface area contributed by atoms with Crippen LogP contribution in [0.2, 0.25) is 0 Å². The first-order valence-corrected chi connectivity index (χ1v) is 3.09. The van der Waals surface area contributed by atoms with Crippen LogP contribution in [0.4, 0.5) is 0 Å². The Hall–Kier alpha value is -1.13. The zero-order valence-corrected chi connectivity index (χ0v) is 4.84. The van der Waals surface area contributed by atoms with Gasteiger partial charge in [0.2, 0.25) is 0 Å². The molecular weight excluding hydrogens is 148 g/mol. The minimum atomic E-state index is -4.56. The fourth-order valence-electron chi connectivity index (χ4n) is 0.140. The molecule has 0 aliphatic heterocycles. The fourth-order valence-corrected chi connectivity index (χ4v) is 0.420. The smallest absolute Gasteiger partial charge is 0.269 e. The number of nitrogens with one attached hydrogen (secondary N) is 1. The minimum absolute atomic E-state index is 0.932. The highest BCUT2D eigenvalue weighted by Gasteiger charge is 2.07. The molecule has 0 saturated carbocycles. The summed E-state index contributed by atoms with van der Waals surface area (Å²) >= 11 is 0. The van der Waals surface area contributed by atoms with Crippen LogP contribution in [0, 0.1) is 11.3 Å². The van der Waals surface area contributed by atoms with Gasteiger partial charge in [-0.3, -0.25) is 9.35 Å². The average Bonchev–Trinajstić information content (AvgIpc) is 1.62. The normalized spacial score (nSPS) is 9.78.